The van der Waals surface area contributed by atoms with Gasteiger partial charge in [-0.1, -0.05) is 17.7 Å². The summed E-state index contributed by atoms with van der Waals surface area (Å²) in [5, 5.41) is 8.49. The van der Waals surface area contributed by atoms with Gasteiger partial charge in [-0.3, -0.25) is 4.79 Å². The van der Waals surface area contributed by atoms with E-state index < -0.39 is 11.2 Å². The fourth-order valence-electron chi connectivity index (χ4n) is 1.93. The first-order valence-corrected chi connectivity index (χ1v) is 6.83. The summed E-state index contributed by atoms with van der Waals surface area (Å²) in [6, 6.07) is 4.47. The second-order valence-electron chi connectivity index (χ2n) is 3.88. The van der Waals surface area contributed by atoms with Crippen LogP contribution in [-0.2, 0) is 4.79 Å². The number of nitrogens with zero attached hydrogens (tertiary/aromatic N) is 4. The average Bonchev–Trinajstić information content (AvgIpc) is 2.99. The van der Waals surface area contributed by atoms with Gasteiger partial charge in [-0.15, -0.1) is 22.0 Å². The summed E-state index contributed by atoms with van der Waals surface area (Å²) in [5.74, 6) is -0.319. The number of carbonyl (C=O) groups excluding carboxylic acids is 1. The van der Waals surface area contributed by atoms with Crippen molar-refractivity contribution in [2.75, 3.05) is 10.8 Å². The van der Waals surface area contributed by atoms with Crippen LogP contribution in [0, 0.1) is 5.82 Å². The van der Waals surface area contributed by atoms with Crippen LogP contribution in [0.4, 0.5) is 4.39 Å². The molecule has 1 aromatic carbocycles. The zero-order chi connectivity index (χ0) is 13.4. The number of thioether (sulfide) groups is 1. The SMILES string of the molecule is O=C1CSC(c2c(F)cccc2Cl)N1n1cnnc1. The molecule has 1 unspecified atom stereocenters. The van der Waals surface area contributed by atoms with E-state index in [-0.39, 0.29) is 11.7 Å². The molecule has 3 rings (SSSR count). The standard InChI is InChI=1S/C11H8ClFN4OS/c12-7-2-1-3-8(13)10(7)11-17(9(18)4-19-11)16-5-14-15-6-16/h1-3,5-6,11H,4H2. The molecule has 1 saturated heterocycles. The quantitative estimate of drug-likeness (QED) is 0.851. The third kappa shape index (κ3) is 2.08. The minimum Gasteiger partial charge on any atom is -0.272 e. The Hall–Kier alpha value is -1.60. The van der Waals surface area contributed by atoms with Crippen LogP contribution in [0.1, 0.15) is 10.9 Å². The van der Waals surface area contributed by atoms with Gasteiger partial charge >= 0.3 is 0 Å². The van der Waals surface area contributed by atoms with Crippen molar-refractivity contribution in [2.24, 2.45) is 0 Å². The number of benzene rings is 1. The molecule has 1 aliphatic rings. The third-order valence-corrected chi connectivity index (χ3v) is 4.24. The van der Waals surface area contributed by atoms with Crippen LogP contribution in [0.3, 0.4) is 0 Å². The van der Waals surface area contributed by atoms with Gasteiger partial charge in [0.1, 0.15) is 23.8 Å². The zero-order valence-electron chi connectivity index (χ0n) is 9.53. The smallest absolute Gasteiger partial charge is 0.252 e. The van der Waals surface area contributed by atoms with Crippen molar-refractivity contribution >= 4 is 29.3 Å². The minimum atomic E-state index is -0.516. The number of hydrogen-bond donors (Lipinski definition) is 0. The van der Waals surface area contributed by atoms with E-state index in [2.05, 4.69) is 10.2 Å². The van der Waals surface area contributed by atoms with Crippen molar-refractivity contribution in [3.63, 3.8) is 0 Å². The fraction of sp³-hybridized carbons (Fsp3) is 0.182. The molecule has 0 bridgehead atoms. The lowest BCUT2D eigenvalue weighted by molar-refractivity contribution is -0.117. The fourth-order valence-corrected chi connectivity index (χ4v) is 3.46. The number of halogens is 2. The number of amides is 1. The van der Waals surface area contributed by atoms with E-state index >= 15 is 0 Å². The lowest BCUT2D eigenvalue weighted by atomic mass is 10.2. The number of aromatic nitrogens is 3. The summed E-state index contributed by atoms with van der Waals surface area (Å²) in [7, 11) is 0. The summed E-state index contributed by atoms with van der Waals surface area (Å²) < 4.78 is 15.4. The predicted octanol–water partition coefficient (Wildman–Crippen LogP) is 1.98. The molecule has 2 heterocycles. The molecule has 5 nitrogen and oxygen atoms in total. The summed E-state index contributed by atoms with van der Waals surface area (Å²) in [6.07, 6.45) is 2.79. The summed E-state index contributed by atoms with van der Waals surface area (Å²) in [5.41, 5.74) is 0.300. The Kier molecular flexibility index (Phi) is 3.16. The van der Waals surface area contributed by atoms with E-state index in [1.165, 1.54) is 46.2 Å². The molecule has 0 saturated carbocycles. The summed E-state index contributed by atoms with van der Waals surface area (Å²) >= 11 is 7.37. The van der Waals surface area contributed by atoms with Crippen LogP contribution in [0.5, 0.6) is 0 Å². The maximum Gasteiger partial charge on any atom is 0.252 e. The van der Waals surface area contributed by atoms with E-state index in [0.29, 0.717) is 10.6 Å². The zero-order valence-corrected chi connectivity index (χ0v) is 11.1. The van der Waals surface area contributed by atoms with E-state index in [0.717, 1.165) is 0 Å². The van der Waals surface area contributed by atoms with Gasteiger partial charge in [-0.25, -0.2) is 14.1 Å². The Labute approximate surface area is 117 Å². The average molecular weight is 299 g/mol. The molecule has 0 aliphatic carbocycles. The van der Waals surface area contributed by atoms with Gasteiger partial charge in [0.15, 0.2) is 0 Å². The van der Waals surface area contributed by atoms with Crippen molar-refractivity contribution in [3.8, 4) is 0 Å². The van der Waals surface area contributed by atoms with Crippen LogP contribution in [0.25, 0.3) is 0 Å². The maximum atomic E-state index is 14.0. The second kappa shape index (κ2) is 4.82. The van der Waals surface area contributed by atoms with Gasteiger partial charge in [0, 0.05) is 10.6 Å². The minimum absolute atomic E-state index is 0.144. The number of rotatable bonds is 2. The van der Waals surface area contributed by atoms with Crippen LogP contribution >= 0.6 is 23.4 Å². The molecule has 8 heteroatoms. The van der Waals surface area contributed by atoms with E-state index in [9.17, 15) is 9.18 Å². The topological polar surface area (TPSA) is 51.0 Å². The normalized spacial score (nSPS) is 19.2. The van der Waals surface area contributed by atoms with Crippen molar-refractivity contribution in [1.82, 2.24) is 14.9 Å². The highest BCUT2D eigenvalue weighted by Gasteiger charge is 2.37. The number of carbonyl (C=O) groups is 1. The van der Waals surface area contributed by atoms with Gasteiger partial charge in [0.25, 0.3) is 5.91 Å². The van der Waals surface area contributed by atoms with E-state index in [1.807, 2.05) is 0 Å². The van der Waals surface area contributed by atoms with Crippen molar-refractivity contribution < 1.29 is 9.18 Å². The van der Waals surface area contributed by atoms with Crippen molar-refractivity contribution in [3.05, 3.63) is 47.3 Å². The van der Waals surface area contributed by atoms with Gasteiger partial charge in [-0.2, -0.15) is 0 Å². The number of hydrogen-bond acceptors (Lipinski definition) is 4. The highest BCUT2D eigenvalue weighted by atomic mass is 35.5. The lowest BCUT2D eigenvalue weighted by Crippen LogP contribution is -2.37. The van der Waals surface area contributed by atoms with E-state index in [4.69, 9.17) is 11.6 Å². The first-order valence-electron chi connectivity index (χ1n) is 5.41. The van der Waals surface area contributed by atoms with Crippen LogP contribution in [0.2, 0.25) is 5.02 Å². The van der Waals surface area contributed by atoms with Gasteiger partial charge in [0.05, 0.1) is 5.75 Å². The highest BCUT2D eigenvalue weighted by molar-refractivity contribution is 8.00. The van der Waals surface area contributed by atoms with Crippen LogP contribution in [0.15, 0.2) is 30.9 Å². The second-order valence-corrected chi connectivity index (χ2v) is 5.35. The van der Waals surface area contributed by atoms with Crippen molar-refractivity contribution in [2.45, 2.75) is 5.37 Å². The molecule has 0 radical (unpaired) electrons. The third-order valence-electron chi connectivity index (χ3n) is 2.74. The molecule has 19 heavy (non-hydrogen) atoms. The summed E-state index contributed by atoms with van der Waals surface area (Å²) in [4.78, 5) is 11.9. The first-order chi connectivity index (χ1) is 9.18. The van der Waals surface area contributed by atoms with Crippen LogP contribution < -0.4 is 5.01 Å². The summed E-state index contributed by atoms with van der Waals surface area (Å²) in [6.45, 7) is 0. The predicted molar refractivity (Wildman–Crippen MR) is 69.9 cm³/mol. The largest absolute Gasteiger partial charge is 0.272 e. The molecule has 1 aromatic heterocycles. The van der Waals surface area contributed by atoms with Gasteiger partial charge in [-0.05, 0) is 12.1 Å². The van der Waals surface area contributed by atoms with Crippen molar-refractivity contribution in [1.29, 1.82) is 0 Å². The molecule has 1 fully saturated rings. The Morgan fingerprint density at radius 1 is 1.37 bits per heavy atom. The monoisotopic (exact) mass is 298 g/mol. The first kappa shape index (κ1) is 12.4. The Morgan fingerprint density at radius 2 is 2.11 bits per heavy atom. The Bertz CT molecular complexity index is 601. The molecule has 2 aromatic rings. The molecule has 1 atom stereocenters. The molecule has 0 N–H and O–H groups in total. The van der Waals surface area contributed by atoms with Gasteiger partial charge < -0.3 is 0 Å². The van der Waals surface area contributed by atoms with Gasteiger partial charge in [0.2, 0.25) is 0 Å². The molecule has 1 aliphatic heterocycles. The maximum absolute atomic E-state index is 14.0. The lowest BCUT2D eigenvalue weighted by Gasteiger charge is -2.24. The molecular formula is C11H8ClFN4OS. The Balaban J connectivity index is 2.07. The molecule has 98 valence electrons. The molecular weight excluding hydrogens is 291 g/mol. The Morgan fingerprint density at radius 3 is 2.79 bits per heavy atom. The molecule has 1 amide bonds. The van der Waals surface area contributed by atoms with Crippen LogP contribution in [-0.4, -0.2) is 26.5 Å². The molecule has 0 spiro atoms. The van der Waals surface area contributed by atoms with E-state index in [1.54, 1.807) is 6.07 Å². The highest BCUT2D eigenvalue weighted by Crippen LogP contribution is 2.41.